The summed E-state index contributed by atoms with van der Waals surface area (Å²) in [4.78, 5) is 4.12. The van der Waals surface area contributed by atoms with E-state index >= 15 is 0 Å². The van der Waals surface area contributed by atoms with Crippen molar-refractivity contribution in [2.75, 3.05) is 13.7 Å². The molecule has 0 bridgehead atoms. The van der Waals surface area contributed by atoms with E-state index in [1.165, 1.54) is 13.2 Å². The number of nitrogens with zero attached hydrogens (tertiary/aromatic N) is 1. The first-order valence-electron chi connectivity index (χ1n) is 5.74. The van der Waals surface area contributed by atoms with Gasteiger partial charge >= 0.3 is 0 Å². The molecule has 5 heteroatoms. The summed E-state index contributed by atoms with van der Waals surface area (Å²) < 4.78 is 23.9. The lowest BCUT2D eigenvalue weighted by molar-refractivity contribution is 0.386. The molecule has 18 heavy (non-hydrogen) atoms. The van der Waals surface area contributed by atoms with E-state index in [4.69, 9.17) is 9.15 Å². The molecular formula is C13H15FN2O2. The van der Waals surface area contributed by atoms with Crippen LogP contribution >= 0.6 is 0 Å². The monoisotopic (exact) mass is 250 g/mol. The second kappa shape index (κ2) is 5.64. The molecule has 0 atom stereocenters. The zero-order valence-corrected chi connectivity index (χ0v) is 10.4. The molecule has 0 aliphatic carbocycles. The minimum atomic E-state index is -0.417. The molecule has 0 saturated heterocycles. The Kier molecular flexibility index (Phi) is 3.94. The number of ether oxygens (including phenoxy) is 1. The van der Waals surface area contributed by atoms with Crippen molar-refractivity contribution < 1.29 is 13.5 Å². The Balaban J connectivity index is 2.20. The van der Waals surface area contributed by atoms with Gasteiger partial charge in [0.1, 0.15) is 0 Å². The fourth-order valence-corrected chi connectivity index (χ4v) is 1.58. The molecule has 1 N–H and O–H groups in total. The molecule has 1 aromatic carbocycles. The third-order valence-corrected chi connectivity index (χ3v) is 2.52. The van der Waals surface area contributed by atoms with Crippen molar-refractivity contribution in [3.05, 3.63) is 36.1 Å². The molecule has 1 heterocycles. The minimum Gasteiger partial charge on any atom is -0.494 e. The van der Waals surface area contributed by atoms with Crippen LogP contribution in [0.15, 0.2) is 28.8 Å². The summed E-state index contributed by atoms with van der Waals surface area (Å²) in [5.74, 6) is 0.929. The van der Waals surface area contributed by atoms with Gasteiger partial charge < -0.3 is 14.5 Å². The predicted octanol–water partition coefficient (Wildman–Crippen LogP) is 2.60. The number of nitrogens with one attached hydrogen (secondary N) is 1. The van der Waals surface area contributed by atoms with Gasteiger partial charge in [0, 0.05) is 5.56 Å². The maximum atomic E-state index is 13.5. The van der Waals surface area contributed by atoms with Crippen LogP contribution in [-0.2, 0) is 6.54 Å². The number of hydrogen-bond acceptors (Lipinski definition) is 4. The maximum Gasteiger partial charge on any atom is 0.208 e. The number of methoxy groups -OCH3 is 1. The smallest absolute Gasteiger partial charge is 0.208 e. The van der Waals surface area contributed by atoms with Gasteiger partial charge in [-0.05, 0) is 24.7 Å². The number of benzene rings is 1. The molecule has 2 rings (SSSR count). The van der Waals surface area contributed by atoms with Crippen LogP contribution in [0.5, 0.6) is 5.75 Å². The van der Waals surface area contributed by atoms with Crippen LogP contribution in [0.3, 0.4) is 0 Å². The minimum absolute atomic E-state index is 0.214. The standard InChI is InChI=1S/C13H15FN2O2/c1-3-15-8-13-16-7-12(18-13)9-4-5-11(17-2)10(14)6-9/h4-7,15H,3,8H2,1-2H3. The van der Waals surface area contributed by atoms with Gasteiger partial charge in [0.25, 0.3) is 0 Å². The molecule has 1 aromatic heterocycles. The van der Waals surface area contributed by atoms with Gasteiger partial charge in [-0.2, -0.15) is 0 Å². The summed E-state index contributed by atoms with van der Waals surface area (Å²) >= 11 is 0. The number of aromatic nitrogens is 1. The first-order valence-corrected chi connectivity index (χ1v) is 5.74. The molecule has 0 saturated carbocycles. The van der Waals surface area contributed by atoms with Gasteiger partial charge in [0.15, 0.2) is 17.3 Å². The van der Waals surface area contributed by atoms with Crippen LogP contribution in [0.4, 0.5) is 4.39 Å². The Bertz CT molecular complexity index is 525. The van der Waals surface area contributed by atoms with Crippen molar-refractivity contribution in [1.29, 1.82) is 0 Å². The fraction of sp³-hybridized carbons (Fsp3) is 0.308. The number of hydrogen-bond donors (Lipinski definition) is 1. The molecule has 0 amide bonds. The molecule has 0 aliphatic heterocycles. The van der Waals surface area contributed by atoms with E-state index in [-0.39, 0.29) is 5.75 Å². The SMILES string of the molecule is CCNCc1ncc(-c2ccc(OC)c(F)c2)o1. The predicted molar refractivity (Wildman–Crippen MR) is 65.8 cm³/mol. The van der Waals surface area contributed by atoms with Crippen LogP contribution in [0.1, 0.15) is 12.8 Å². The van der Waals surface area contributed by atoms with E-state index in [1.807, 2.05) is 6.92 Å². The van der Waals surface area contributed by atoms with Crippen LogP contribution in [0.25, 0.3) is 11.3 Å². The normalized spacial score (nSPS) is 10.6. The zero-order chi connectivity index (χ0) is 13.0. The quantitative estimate of drug-likeness (QED) is 0.886. The van der Waals surface area contributed by atoms with Gasteiger partial charge in [-0.25, -0.2) is 9.37 Å². The highest BCUT2D eigenvalue weighted by Gasteiger charge is 2.09. The van der Waals surface area contributed by atoms with Gasteiger partial charge in [-0.15, -0.1) is 0 Å². The van der Waals surface area contributed by atoms with Crippen molar-refractivity contribution in [3.63, 3.8) is 0 Å². The third kappa shape index (κ3) is 2.68. The third-order valence-electron chi connectivity index (χ3n) is 2.52. The van der Waals surface area contributed by atoms with E-state index in [9.17, 15) is 4.39 Å². The topological polar surface area (TPSA) is 47.3 Å². The highest BCUT2D eigenvalue weighted by Crippen LogP contribution is 2.25. The Labute approximate surface area is 105 Å². The average molecular weight is 250 g/mol. The molecule has 96 valence electrons. The average Bonchev–Trinajstić information content (AvgIpc) is 2.85. The lowest BCUT2D eigenvalue weighted by Crippen LogP contribution is -2.11. The van der Waals surface area contributed by atoms with Crippen LogP contribution < -0.4 is 10.1 Å². The molecular weight excluding hydrogens is 235 g/mol. The lowest BCUT2D eigenvalue weighted by atomic mass is 10.2. The highest BCUT2D eigenvalue weighted by molar-refractivity contribution is 5.57. The largest absolute Gasteiger partial charge is 0.494 e. The molecule has 0 radical (unpaired) electrons. The molecule has 4 nitrogen and oxygen atoms in total. The van der Waals surface area contributed by atoms with Gasteiger partial charge in [-0.1, -0.05) is 6.92 Å². The van der Waals surface area contributed by atoms with E-state index in [1.54, 1.807) is 18.3 Å². The molecule has 0 spiro atoms. The highest BCUT2D eigenvalue weighted by atomic mass is 19.1. The number of rotatable bonds is 5. The second-order valence-corrected chi connectivity index (χ2v) is 3.75. The summed E-state index contributed by atoms with van der Waals surface area (Å²) in [5, 5.41) is 3.11. The van der Waals surface area contributed by atoms with Crippen LogP contribution in [0.2, 0.25) is 0 Å². The molecule has 0 fully saturated rings. The number of oxazole rings is 1. The Morgan fingerprint density at radius 1 is 1.44 bits per heavy atom. The Morgan fingerprint density at radius 2 is 2.28 bits per heavy atom. The lowest BCUT2D eigenvalue weighted by Gasteiger charge is -2.02. The first kappa shape index (κ1) is 12.6. The summed E-state index contributed by atoms with van der Waals surface area (Å²) in [6.45, 7) is 3.41. The summed E-state index contributed by atoms with van der Waals surface area (Å²) in [5.41, 5.74) is 0.642. The Hall–Kier alpha value is -1.88. The van der Waals surface area contributed by atoms with Crippen LogP contribution in [0, 0.1) is 5.82 Å². The summed E-state index contributed by atoms with van der Waals surface area (Å²) in [7, 11) is 1.43. The van der Waals surface area contributed by atoms with E-state index in [2.05, 4.69) is 10.3 Å². The van der Waals surface area contributed by atoms with Crippen molar-refractivity contribution in [2.24, 2.45) is 0 Å². The van der Waals surface area contributed by atoms with Crippen LogP contribution in [-0.4, -0.2) is 18.6 Å². The van der Waals surface area contributed by atoms with E-state index in [0.717, 1.165) is 6.54 Å². The zero-order valence-electron chi connectivity index (χ0n) is 10.4. The second-order valence-electron chi connectivity index (χ2n) is 3.75. The van der Waals surface area contributed by atoms with Crippen molar-refractivity contribution >= 4 is 0 Å². The maximum absolute atomic E-state index is 13.5. The van der Waals surface area contributed by atoms with Crippen molar-refractivity contribution in [2.45, 2.75) is 13.5 Å². The van der Waals surface area contributed by atoms with Gasteiger partial charge in [0.05, 0.1) is 19.9 Å². The number of halogens is 1. The summed E-state index contributed by atoms with van der Waals surface area (Å²) in [6, 6.07) is 4.67. The van der Waals surface area contributed by atoms with E-state index < -0.39 is 5.82 Å². The van der Waals surface area contributed by atoms with E-state index in [0.29, 0.717) is 23.8 Å². The fourth-order valence-electron chi connectivity index (χ4n) is 1.58. The first-order chi connectivity index (χ1) is 8.74. The van der Waals surface area contributed by atoms with Gasteiger partial charge in [0.2, 0.25) is 5.89 Å². The van der Waals surface area contributed by atoms with Gasteiger partial charge in [-0.3, -0.25) is 0 Å². The van der Waals surface area contributed by atoms with Crippen molar-refractivity contribution in [3.8, 4) is 17.1 Å². The molecule has 2 aromatic rings. The summed E-state index contributed by atoms with van der Waals surface area (Å²) in [6.07, 6.45) is 1.59. The Morgan fingerprint density at radius 3 is 2.94 bits per heavy atom. The molecule has 0 unspecified atom stereocenters. The van der Waals surface area contributed by atoms with Crippen molar-refractivity contribution in [1.82, 2.24) is 10.3 Å². The molecule has 0 aliphatic rings.